The maximum atomic E-state index is 13.4. The third-order valence-electron chi connectivity index (χ3n) is 10.7. The summed E-state index contributed by atoms with van der Waals surface area (Å²) < 4.78 is 25.1. The monoisotopic (exact) mass is 460 g/mol. The average Bonchev–Trinajstić information content (AvgIpc) is 3.32. The summed E-state index contributed by atoms with van der Waals surface area (Å²) >= 11 is 0. The van der Waals surface area contributed by atoms with Crippen molar-refractivity contribution in [3.05, 3.63) is 12.4 Å². The first kappa shape index (κ1) is 22.6. The molecule has 0 bridgehead atoms. The third kappa shape index (κ3) is 3.50. The van der Waals surface area contributed by atoms with Crippen LogP contribution in [0.2, 0.25) is 0 Å². The molecule has 178 valence electrons. The number of sulfone groups is 1. The molecule has 6 unspecified atom stereocenters. The summed E-state index contributed by atoms with van der Waals surface area (Å²) in [6.07, 6.45) is 15.6. The lowest BCUT2D eigenvalue weighted by Gasteiger charge is -2.61. The minimum atomic E-state index is -3.30. The molecule has 0 aromatic carbocycles. The lowest BCUT2D eigenvalue weighted by Crippen LogP contribution is -2.53. The van der Waals surface area contributed by atoms with Crippen molar-refractivity contribution in [3.63, 3.8) is 0 Å². The van der Waals surface area contributed by atoms with Crippen molar-refractivity contribution in [3.8, 4) is 0 Å². The second kappa shape index (κ2) is 7.68. The smallest absolute Gasteiger partial charge is 0.178 e. The average molecular weight is 461 g/mol. The minimum Gasteiger partial charge on any atom is -0.297 e. The lowest BCUT2D eigenvalue weighted by molar-refractivity contribution is -0.137. The lowest BCUT2D eigenvalue weighted by atomic mass is 9.44. The predicted octanol–water partition coefficient (Wildman–Crippen LogP) is 5.15. The Bertz CT molecular complexity index is 1000. The number of carbonyl (C=O) groups is 1. The van der Waals surface area contributed by atoms with E-state index in [1.165, 1.54) is 74.7 Å². The third-order valence-corrected chi connectivity index (χ3v) is 11.7. The Morgan fingerprint density at radius 2 is 1.78 bits per heavy atom. The Kier molecular flexibility index (Phi) is 5.43. The number of rotatable bonds is 4. The van der Waals surface area contributed by atoms with Crippen LogP contribution >= 0.6 is 0 Å². The topological polar surface area (TPSA) is 69.0 Å². The fraction of sp³-hybridized carbons (Fsp3) is 0.846. The molecule has 32 heavy (non-hydrogen) atoms. The van der Waals surface area contributed by atoms with Gasteiger partial charge in [-0.15, -0.1) is 0 Å². The van der Waals surface area contributed by atoms with Crippen molar-refractivity contribution in [2.45, 2.75) is 90.0 Å². The number of Topliss-reactive ketones (excluding diaryl/α,β-unsaturated/α-hetero) is 1. The molecular weight excluding hydrogens is 420 g/mol. The molecule has 0 N–H and O–H groups in total. The van der Waals surface area contributed by atoms with Gasteiger partial charge in [0.05, 0.1) is 12.7 Å². The van der Waals surface area contributed by atoms with Crippen LogP contribution in [0.3, 0.4) is 0 Å². The highest BCUT2D eigenvalue weighted by Crippen LogP contribution is 2.67. The highest BCUT2D eigenvalue weighted by Gasteiger charge is 2.60. The molecule has 0 radical (unpaired) electrons. The molecule has 0 aliphatic heterocycles. The molecular formula is C26H40N2O3S. The fourth-order valence-corrected chi connectivity index (χ4v) is 9.45. The zero-order valence-corrected chi connectivity index (χ0v) is 21.0. The van der Waals surface area contributed by atoms with Gasteiger partial charge < -0.3 is 0 Å². The Balaban J connectivity index is 1.33. The Hall–Kier alpha value is -1.17. The molecule has 4 saturated carbocycles. The van der Waals surface area contributed by atoms with Crippen LogP contribution < -0.4 is 0 Å². The van der Waals surface area contributed by atoms with Crippen molar-refractivity contribution < 1.29 is 13.2 Å². The van der Waals surface area contributed by atoms with Crippen LogP contribution in [0.4, 0.5) is 0 Å². The van der Waals surface area contributed by atoms with Crippen LogP contribution in [0.15, 0.2) is 17.3 Å². The van der Waals surface area contributed by atoms with Crippen molar-refractivity contribution in [2.24, 2.45) is 46.3 Å². The molecule has 4 aliphatic carbocycles. The molecule has 5 rings (SSSR count). The maximum Gasteiger partial charge on any atom is 0.178 e. The predicted molar refractivity (Wildman–Crippen MR) is 125 cm³/mol. The fourth-order valence-electron chi connectivity index (χ4n) is 8.89. The summed E-state index contributed by atoms with van der Waals surface area (Å²) in [5.74, 6) is 4.39. The summed E-state index contributed by atoms with van der Waals surface area (Å²) in [7, 11) is -3.30. The van der Waals surface area contributed by atoms with Crippen molar-refractivity contribution in [1.82, 2.24) is 9.78 Å². The first-order chi connectivity index (χ1) is 15.0. The van der Waals surface area contributed by atoms with Crippen LogP contribution in [0.5, 0.6) is 0 Å². The van der Waals surface area contributed by atoms with E-state index in [0.29, 0.717) is 11.3 Å². The SMILES string of the molecule is C[C@H]1CCC2(C)C(CCC3C2CCC2(C)C3CC[C@@H]2C(=O)Cn2cc(S(C)(=O)=O)cn2)C1. The van der Waals surface area contributed by atoms with E-state index in [1.807, 2.05) is 0 Å². The van der Waals surface area contributed by atoms with Crippen LogP contribution in [0, 0.1) is 46.3 Å². The molecule has 1 heterocycles. The molecule has 4 fully saturated rings. The number of ketones is 1. The van der Waals surface area contributed by atoms with Crippen molar-refractivity contribution >= 4 is 15.6 Å². The molecule has 0 amide bonds. The van der Waals surface area contributed by atoms with Gasteiger partial charge in [0, 0.05) is 18.4 Å². The van der Waals surface area contributed by atoms with Crippen molar-refractivity contribution in [2.75, 3.05) is 6.26 Å². The van der Waals surface area contributed by atoms with Gasteiger partial charge in [-0.1, -0.05) is 27.2 Å². The molecule has 0 saturated heterocycles. The number of nitrogens with zero attached hydrogens (tertiary/aromatic N) is 2. The van der Waals surface area contributed by atoms with E-state index in [-0.39, 0.29) is 28.6 Å². The van der Waals surface area contributed by atoms with Gasteiger partial charge in [0.25, 0.3) is 0 Å². The van der Waals surface area contributed by atoms with Gasteiger partial charge in [0.1, 0.15) is 4.90 Å². The standard InChI is InChI=1S/C26H40N2O3S/c1-17-9-11-25(2)18(13-17)5-6-20-21-7-8-23(26(21,3)12-10-22(20)25)24(29)16-28-15-19(14-27-28)32(4,30)31/h14-15,17-18,20-23H,5-13,16H2,1-4H3/t17-,18?,20?,21?,22?,23+,25?,26?/m0/s1. The molecule has 5 nitrogen and oxygen atoms in total. The van der Waals surface area contributed by atoms with E-state index >= 15 is 0 Å². The molecule has 1 aromatic heterocycles. The van der Waals surface area contributed by atoms with E-state index in [0.717, 1.165) is 30.1 Å². The molecule has 4 aliphatic rings. The van der Waals surface area contributed by atoms with Gasteiger partial charge in [0.15, 0.2) is 15.6 Å². The number of hydrogen-bond acceptors (Lipinski definition) is 4. The Morgan fingerprint density at radius 3 is 2.50 bits per heavy atom. The van der Waals surface area contributed by atoms with Crippen LogP contribution in [0.1, 0.15) is 78.6 Å². The zero-order valence-electron chi connectivity index (χ0n) is 20.2. The summed E-state index contributed by atoms with van der Waals surface area (Å²) in [4.78, 5) is 13.6. The number of aromatic nitrogens is 2. The highest BCUT2D eigenvalue weighted by molar-refractivity contribution is 7.90. The number of fused-ring (bicyclic) bond motifs is 5. The summed E-state index contributed by atoms with van der Waals surface area (Å²) in [6.45, 7) is 7.63. The number of hydrogen-bond donors (Lipinski definition) is 0. The minimum absolute atomic E-state index is 0.0799. The van der Waals surface area contributed by atoms with Gasteiger partial charge >= 0.3 is 0 Å². The zero-order chi connectivity index (χ0) is 22.9. The van der Waals surface area contributed by atoms with Crippen LogP contribution in [-0.2, 0) is 21.2 Å². The van der Waals surface area contributed by atoms with Gasteiger partial charge in [0.2, 0.25) is 0 Å². The van der Waals surface area contributed by atoms with E-state index in [4.69, 9.17) is 0 Å². The van der Waals surface area contributed by atoms with Gasteiger partial charge in [-0.3, -0.25) is 9.48 Å². The normalized spacial score (nSPS) is 43.9. The second-order valence-corrected chi connectivity index (χ2v) is 14.3. The largest absolute Gasteiger partial charge is 0.297 e. The van der Waals surface area contributed by atoms with Crippen LogP contribution in [-0.4, -0.2) is 30.2 Å². The van der Waals surface area contributed by atoms with Gasteiger partial charge in [-0.2, -0.15) is 5.10 Å². The first-order valence-corrected chi connectivity index (χ1v) is 14.7. The van der Waals surface area contributed by atoms with Gasteiger partial charge in [-0.25, -0.2) is 8.42 Å². The Labute approximate surface area is 193 Å². The summed E-state index contributed by atoms with van der Waals surface area (Å²) in [5.41, 5.74) is 0.603. The van der Waals surface area contributed by atoms with E-state index < -0.39 is 9.84 Å². The summed E-state index contributed by atoms with van der Waals surface area (Å²) in [6, 6.07) is 0. The van der Waals surface area contributed by atoms with E-state index in [9.17, 15) is 13.2 Å². The van der Waals surface area contributed by atoms with Gasteiger partial charge in [-0.05, 0) is 91.8 Å². The summed E-state index contributed by atoms with van der Waals surface area (Å²) in [5, 5.41) is 4.16. The Morgan fingerprint density at radius 1 is 1.06 bits per heavy atom. The quantitative estimate of drug-likeness (QED) is 0.623. The maximum absolute atomic E-state index is 13.4. The van der Waals surface area contributed by atoms with Crippen LogP contribution in [0.25, 0.3) is 0 Å². The van der Waals surface area contributed by atoms with E-state index in [1.54, 1.807) is 0 Å². The molecule has 8 atom stereocenters. The number of carbonyl (C=O) groups excluding carboxylic acids is 1. The highest BCUT2D eigenvalue weighted by atomic mass is 32.2. The molecule has 0 spiro atoms. The molecule has 6 heteroatoms. The van der Waals surface area contributed by atoms with E-state index in [2.05, 4.69) is 25.9 Å². The van der Waals surface area contributed by atoms with Crippen molar-refractivity contribution in [1.29, 1.82) is 0 Å². The molecule has 1 aromatic rings. The first-order valence-electron chi connectivity index (χ1n) is 12.8. The second-order valence-electron chi connectivity index (χ2n) is 12.3.